The topological polar surface area (TPSA) is 80.8 Å². The second-order valence-electron chi connectivity index (χ2n) is 7.05. The van der Waals surface area contributed by atoms with Gasteiger partial charge >= 0.3 is 0 Å². The lowest BCUT2D eigenvalue weighted by molar-refractivity contribution is -0.121. The van der Waals surface area contributed by atoms with Crippen molar-refractivity contribution in [3.8, 4) is 22.8 Å². The van der Waals surface area contributed by atoms with Crippen LogP contribution in [0, 0.1) is 6.92 Å². The number of amides is 2. The lowest BCUT2D eigenvalue weighted by Crippen LogP contribution is -2.38. The molecule has 0 saturated carbocycles. The zero-order valence-electron chi connectivity index (χ0n) is 17.3. The lowest BCUT2D eigenvalue weighted by atomic mass is 10.1. The molecule has 2 amide bonds. The van der Waals surface area contributed by atoms with E-state index in [-0.39, 0.29) is 25.0 Å². The molecule has 1 aliphatic rings. The average Bonchev–Trinajstić information content (AvgIpc) is 3.24. The molecule has 9 heteroatoms. The first-order valence-electron chi connectivity index (χ1n) is 9.77. The summed E-state index contributed by atoms with van der Waals surface area (Å²) in [5.41, 5.74) is 3.03. The minimum absolute atomic E-state index is 0.00469. The van der Waals surface area contributed by atoms with Gasteiger partial charge < -0.3 is 14.4 Å². The molecule has 4 rings (SSSR count). The van der Waals surface area contributed by atoms with Crippen LogP contribution in [0.15, 0.2) is 54.4 Å². The smallest absolute Gasteiger partial charge is 0.265 e. The van der Waals surface area contributed by atoms with Gasteiger partial charge in [-0.25, -0.2) is 4.98 Å². The average molecular weight is 470 g/mol. The second-order valence-corrected chi connectivity index (χ2v) is 8.32. The van der Waals surface area contributed by atoms with Gasteiger partial charge in [-0.2, -0.15) is 0 Å². The summed E-state index contributed by atoms with van der Waals surface area (Å²) in [7, 11) is 0. The molecule has 32 heavy (non-hydrogen) atoms. The van der Waals surface area contributed by atoms with Crippen molar-refractivity contribution in [2.24, 2.45) is 0 Å². The van der Waals surface area contributed by atoms with Crippen LogP contribution in [0.4, 0.5) is 10.8 Å². The number of thiazole rings is 1. The molecule has 2 aromatic carbocycles. The maximum atomic E-state index is 12.3. The molecule has 2 heterocycles. The Balaban J connectivity index is 1.43. The number of hydrogen-bond donors (Lipinski definition) is 1. The first-order chi connectivity index (χ1) is 15.4. The summed E-state index contributed by atoms with van der Waals surface area (Å²) in [5, 5.41) is 5.67. The van der Waals surface area contributed by atoms with E-state index in [1.165, 1.54) is 11.3 Å². The maximum absolute atomic E-state index is 12.3. The van der Waals surface area contributed by atoms with E-state index < -0.39 is 0 Å². The van der Waals surface area contributed by atoms with Crippen molar-refractivity contribution in [1.82, 2.24) is 4.98 Å². The Bertz CT molecular complexity index is 1190. The Labute approximate surface area is 194 Å². The Morgan fingerprint density at radius 1 is 1.38 bits per heavy atom. The van der Waals surface area contributed by atoms with Gasteiger partial charge in [0.25, 0.3) is 11.8 Å². The van der Waals surface area contributed by atoms with Crippen LogP contribution in [0.25, 0.3) is 11.3 Å². The Morgan fingerprint density at radius 2 is 2.22 bits per heavy atom. The fraction of sp³-hybridized carbons (Fsp3) is 0.174. The summed E-state index contributed by atoms with van der Waals surface area (Å²) >= 11 is 7.30. The molecule has 0 spiro atoms. The van der Waals surface area contributed by atoms with Crippen molar-refractivity contribution >= 4 is 45.6 Å². The van der Waals surface area contributed by atoms with Crippen LogP contribution in [-0.4, -0.2) is 36.6 Å². The van der Waals surface area contributed by atoms with Crippen LogP contribution in [-0.2, 0) is 9.59 Å². The third-order valence-electron chi connectivity index (χ3n) is 4.76. The van der Waals surface area contributed by atoms with Crippen molar-refractivity contribution in [2.45, 2.75) is 6.92 Å². The number of fused-ring (bicyclic) bond motifs is 1. The molecule has 0 bridgehead atoms. The molecule has 3 aromatic rings. The van der Waals surface area contributed by atoms with E-state index in [9.17, 15) is 9.59 Å². The summed E-state index contributed by atoms with van der Waals surface area (Å²) in [4.78, 5) is 30.6. The van der Waals surface area contributed by atoms with Crippen LogP contribution in [0.3, 0.4) is 0 Å². The number of benzene rings is 2. The first-order valence-corrected chi connectivity index (χ1v) is 11.0. The molecule has 0 unspecified atom stereocenters. The van der Waals surface area contributed by atoms with Gasteiger partial charge in [0.2, 0.25) is 0 Å². The van der Waals surface area contributed by atoms with E-state index >= 15 is 0 Å². The summed E-state index contributed by atoms with van der Waals surface area (Å²) in [5.74, 6) is 0.752. The van der Waals surface area contributed by atoms with E-state index in [2.05, 4.69) is 16.9 Å². The molecule has 0 fully saturated rings. The minimum Gasteiger partial charge on any atom is -0.484 e. The number of ether oxygens (including phenoxy) is 2. The summed E-state index contributed by atoms with van der Waals surface area (Å²) in [6.07, 6.45) is 1.67. The summed E-state index contributed by atoms with van der Waals surface area (Å²) in [6, 6.07) is 10.7. The molecule has 1 aliphatic heterocycles. The van der Waals surface area contributed by atoms with Crippen molar-refractivity contribution in [2.75, 3.05) is 30.0 Å². The number of nitrogens with zero attached hydrogens (tertiary/aromatic N) is 2. The Kier molecular flexibility index (Phi) is 6.43. The van der Waals surface area contributed by atoms with Crippen molar-refractivity contribution in [3.05, 3.63) is 65.0 Å². The van der Waals surface area contributed by atoms with Gasteiger partial charge in [-0.15, -0.1) is 17.9 Å². The van der Waals surface area contributed by atoms with Gasteiger partial charge in [0.05, 0.1) is 11.4 Å². The fourth-order valence-electron chi connectivity index (χ4n) is 3.17. The highest BCUT2D eigenvalue weighted by atomic mass is 35.5. The van der Waals surface area contributed by atoms with E-state index in [1.807, 2.05) is 30.5 Å². The van der Waals surface area contributed by atoms with Crippen molar-refractivity contribution in [1.29, 1.82) is 0 Å². The monoisotopic (exact) mass is 469 g/mol. The highest BCUT2D eigenvalue weighted by molar-refractivity contribution is 7.14. The van der Waals surface area contributed by atoms with Crippen molar-refractivity contribution < 1.29 is 19.1 Å². The highest BCUT2D eigenvalue weighted by Gasteiger charge is 2.25. The predicted molar refractivity (Wildman–Crippen MR) is 126 cm³/mol. The molecule has 1 N–H and O–H groups in total. The first kappa shape index (κ1) is 21.9. The molecule has 1 aromatic heterocycles. The van der Waals surface area contributed by atoms with Gasteiger partial charge in [0, 0.05) is 22.5 Å². The summed E-state index contributed by atoms with van der Waals surface area (Å²) in [6.45, 7) is 5.83. The fourth-order valence-corrected chi connectivity index (χ4v) is 4.02. The number of carbonyl (C=O) groups is 2. The Hall–Kier alpha value is -3.36. The number of nitrogens with one attached hydrogen (secondary N) is 1. The van der Waals surface area contributed by atoms with Gasteiger partial charge in [-0.3, -0.25) is 14.9 Å². The molecule has 0 atom stereocenters. The lowest BCUT2D eigenvalue weighted by Gasteiger charge is -2.28. The number of halogens is 1. The van der Waals surface area contributed by atoms with Gasteiger partial charge in [-0.1, -0.05) is 17.7 Å². The highest BCUT2D eigenvalue weighted by Crippen LogP contribution is 2.36. The van der Waals surface area contributed by atoms with Crippen LogP contribution in [0.5, 0.6) is 11.5 Å². The molecular weight excluding hydrogens is 450 g/mol. The minimum atomic E-state index is -0.319. The van der Waals surface area contributed by atoms with Crippen molar-refractivity contribution in [3.63, 3.8) is 0 Å². The number of aromatic nitrogens is 1. The van der Waals surface area contributed by atoms with Gasteiger partial charge in [-0.05, 0) is 48.9 Å². The molecule has 0 radical (unpaired) electrons. The summed E-state index contributed by atoms with van der Waals surface area (Å²) < 4.78 is 11.0. The van der Waals surface area contributed by atoms with Gasteiger partial charge in [0.1, 0.15) is 11.5 Å². The maximum Gasteiger partial charge on any atom is 0.265 e. The number of anilines is 2. The largest absolute Gasteiger partial charge is 0.484 e. The second kappa shape index (κ2) is 9.42. The van der Waals surface area contributed by atoms with E-state index in [0.717, 1.165) is 11.1 Å². The number of rotatable bonds is 7. The molecule has 0 aliphatic carbocycles. The van der Waals surface area contributed by atoms with E-state index in [1.54, 1.807) is 29.2 Å². The van der Waals surface area contributed by atoms with Crippen LogP contribution >= 0.6 is 22.9 Å². The zero-order valence-corrected chi connectivity index (χ0v) is 18.8. The molecule has 164 valence electrons. The van der Waals surface area contributed by atoms with Crippen LogP contribution in [0.2, 0.25) is 5.02 Å². The quantitative estimate of drug-likeness (QED) is 0.507. The number of aryl methyl sites for hydroxylation is 1. The third-order valence-corrected chi connectivity index (χ3v) is 5.94. The van der Waals surface area contributed by atoms with Crippen LogP contribution < -0.4 is 19.7 Å². The van der Waals surface area contributed by atoms with E-state index in [4.69, 9.17) is 21.1 Å². The third kappa shape index (κ3) is 4.76. The SMILES string of the molecule is C=CCN1C(=O)COc2ccc(-c3csc(NC(=O)COc4ccc(Cl)c(C)c4)n3)cc21. The van der Waals surface area contributed by atoms with Gasteiger partial charge in [0.15, 0.2) is 18.3 Å². The molecule has 0 saturated heterocycles. The molecule has 7 nitrogen and oxygen atoms in total. The zero-order chi connectivity index (χ0) is 22.7. The Morgan fingerprint density at radius 3 is 3.00 bits per heavy atom. The van der Waals surface area contributed by atoms with E-state index in [0.29, 0.717) is 39.6 Å². The van der Waals surface area contributed by atoms with Crippen LogP contribution in [0.1, 0.15) is 5.56 Å². The standard InChI is InChI=1S/C23H20ClN3O4S/c1-3-8-27-19-10-15(4-7-20(19)31-12-22(27)29)18-13-32-23(25-18)26-21(28)11-30-16-5-6-17(24)14(2)9-16/h3-7,9-10,13H,1,8,11-12H2,2H3,(H,25,26,28). The molecular formula is C23H20ClN3O4S. The number of carbonyl (C=O) groups excluding carboxylic acids is 2. The number of hydrogen-bond acceptors (Lipinski definition) is 6. The predicted octanol–water partition coefficient (Wildman–Crippen LogP) is 4.70. The normalized spacial score (nSPS) is 12.7.